The number of alkyl halides is 1. The Morgan fingerprint density at radius 2 is 1.79 bits per heavy atom. The fraction of sp³-hybridized carbons (Fsp3) is 0.0714. The predicted octanol–water partition coefficient (Wildman–Crippen LogP) is 5.25. The van der Waals surface area contributed by atoms with Crippen LogP contribution in [0.1, 0.15) is 21.3 Å². The molecule has 0 aromatic heterocycles. The van der Waals surface area contributed by atoms with Gasteiger partial charge >= 0.3 is 0 Å². The van der Waals surface area contributed by atoms with Gasteiger partial charge in [0.1, 0.15) is 11.2 Å². The highest BCUT2D eigenvalue weighted by Crippen LogP contribution is 2.28. The van der Waals surface area contributed by atoms with Crippen LogP contribution in [0.25, 0.3) is 0 Å². The molecular weight excluding hydrogens is 401 g/mol. The number of Topliss-reactive ketones (excluding diaryl/α,β-unsaturated/α-hetero) is 1. The molecule has 2 aromatic carbocycles. The topological polar surface area (TPSA) is 17.1 Å². The van der Waals surface area contributed by atoms with Crippen molar-refractivity contribution in [2.24, 2.45) is 0 Å². The summed E-state index contributed by atoms with van der Waals surface area (Å²) in [7, 11) is 0. The lowest BCUT2D eigenvalue weighted by Gasteiger charge is -2.10. The molecular formula is C14H8Cl2FIO. The SMILES string of the molecule is O=C(c1cc(Cl)ccc1I)C(Cl)c1ccc(F)cc1. The van der Waals surface area contributed by atoms with Crippen molar-refractivity contribution in [1.29, 1.82) is 0 Å². The maximum Gasteiger partial charge on any atom is 0.186 e. The lowest BCUT2D eigenvalue weighted by molar-refractivity contribution is 0.0986. The minimum absolute atomic E-state index is 0.250. The van der Waals surface area contributed by atoms with Gasteiger partial charge in [-0.3, -0.25) is 4.79 Å². The molecule has 5 heteroatoms. The van der Waals surface area contributed by atoms with Crippen LogP contribution in [0.2, 0.25) is 5.02 Å². The molecule has 0 radical (unpaired) electrons. The largest absolute Gasteiger partial charge is 0.292 e. The quantitative estimate of drug-likeness (QED) is 0.385. The van der Waals surface area contributed by atoms with E-state index in [4.69, 9.17) is 23.2 Å². The van der Waals surface area contributed by atoms with E-state index in [1.807, 2.05) is 0 Å². The summed E-state index contributed by atoms with van der Waals surface area (Å²) < 4.78 is 13.6. The average molecular weight is 409 g/mol. The number of hydrogen-bond donors (Lipinski definition) is 0. The molecule has 19 heavy (non-hydrogen) atoms. The van der Waals surface area contributed by atoms with Gasteiger partial charge < -0.3 is 0 Å². The summed E-state index contributed by atoms with van der Waals surface area (Å²) in [5.41, 5.74) is 1.03. The minimum Gasteiger partial charge on any atom is -0.292 e. The zero-order valence-electron chi connectivity index (χ0n) is 9.54. The van der Waals surface area contributed by atoms with E-state index in [-0.39, 0.29) is 11.6 Å². The second-order valence-electron chi connectivity index (χ2n) is 3.90. The number of carbonyl (C=O) groups excluding carboxylic acids is 1. The van der Waals surface area contributed by atoms with Crippen molar-refractivity contribution < 1.29 is 9.18 Å². The Hall–Kier alpha value is -0.650. The first-order valence-electron chi connectivity index (χ1n) is 5.38. The summed E-state index contributed by atoms with van der Waals surface area (Å²) in [5.74, 6) is -0.613. The van der Waals surface area contributed by atoms with Gasteiger partial charge in [-0.15, -0.1) is 11.6 Å². The van der Waals surface area contributed by atoms with E-state index in [0.717, 1.165) is 3.57 Å². The van der Waals surface area contributed by atoms with E-state index in [9.17, 15) is 9.18 Å². The zero-order valence-corrected chi connectivity index (χ0v) is 13.2. The summed E-state index contributed by atoms with van der Waals surface area (Å²) in [6, 6.07) is 10.6. The number of carbonyl (C=O) groups is 1. The molecule has 0 N–H and O–H groups in total. The lowest BCUT2D eigenvalue weighted by atomic mass is 10.0. The van der Waals surface area contributed by atoms with Gasteiger partial charge in [-0.05, 0) is 58.5 Å². The normalized spacial score (nSPS) is 12.2. The third-order valence-corrected chi connectivity index (χ3v) is 4.21. The van der Waals surface area contributed by atoms with Gasteiger partial charge in [0.15, 0.2) is 5.78 Å². The van der Waals surface area contributed by atoms with Crippen molar-refractivity contribution in [3.8, 4) is 0 Å². The standard InChI is InChI=1S/C14H8Cl2FIO/c15-9-3-6-12(18)11(7-9)14(19)13(16)8-1-4-10(17)5-2-8/h1-7,13H. The predicted molar refractivity (Wildman–Crippen MR) is 83.5 cm³/mol. The van der Waals surface area contributed by atoms with Crippen molar-refractivity contribution >= 4 is 51.6 Å². The molecule has 0 aliphatic carbocycles. The van der Waals surface area contributed by atoms with Crippen LogP contribution >= 0.6 is 45.8 Å². The van der Waals surface area contributed by atoms with Crippen molar-refractivity contribution in [3.05, 3.63) is 68.0 Å². The van der Waals surface area contributed by atoms with E-state index in [1.54, 1.807) is 18.2 Å². The average Bonchev–Trinajstić information content (AvgIpc) is 2.41. The molecule has 0 aliphatic rings. The van der Waals surface area contributed by atoms with Crippen LogP contribution < -0.4 is 0 Å². The second kappa shape index (κ2) is 6.20. The Morgan fingerprint density at radius 1 is 1.16 bits per heavy atom. The molecule has 2 aromatic rings. The maximum atomic E-state index is 12.8. The molecule has 1 unspecified atom stereocenters. The second-order valence-corrected chi connectivity index (χ2v) is 5.94. The highest BCUT2D eigenvalue weighted by Gasteiger charge is 2.21. The number of ketones is 1. The summed E-state index contributed by atoms with van der Waals surface area (Å²) in [6.07, 6.45) is 0. The third-order valence-electron chi connectivity index (χ3n) is 2.59. The van der Waals surface area contributed by atoms with Gasteiger partial charge in [0, 0.05) is 14.2 Å². The lowest BCUT2D eigenvalue weighted by Crippen LogP contribution is -2.09. The fourth-order valence-electron chi connectivity index (χ4n) is 1.61. The third kappa shape index (κ3) is 3.46. The van der Waals surface area contributed by atoms with Crippen molar-refractivity contribution in [3.63, 3.8) is 0 Å². The summed E-state index contributed by atoms with van der Waals surface area (Å²) in [4.78, 5) is 12.3. The van der Waals surface area contributed by atoms with Crippen LogP contribution in [-0.2, 0) is 0 Å². The van der Waals surface area contributed by atoms with Crippen LogP contribution in [0.5, 0.6) is 0 Å². The molecule has 1 atom stereocenters. The van der Waals surface area contributed by atoms with E-state index in [2.05, 4.69) is 22.6 Å². The maximum absolute atomic E-state index is 12.8. The van der Waals surface area contributed by atoms with E-state index in [0.29, 0.717) is 16.1 Å². The molecule has 0 heterocycles. The van der Waals surface area contributed by atoms with Crippen LogP contribution in [0, 0.1) is 9.39 Å². The Balaban J connectivity index is 2.33. The Morgan fingerprint density at radius 3 is 2.42 bits per heavy atom. The first kappa shape index (κ1) is 14.8. The van der Waals surface area contributed by atoms with E-state index < -0.39 is 5.38 Å². The van der Waals surface area contributed by atoms with Gasteiger partial charge in [0.05, 0.1) is 0 Å². The van der Waals surface area contributed by atoms with Crippen LogP contribution in [0.4, 0.5) is 4.39 Å². The Labute approximate surface area is 133 Å². The Kier molecular flexibility index (Phi) is 4.81. The van der Waals surface area contributed by atoms with Crippen LogP contribution in [0.15, 0.2) is 42.5 Å². The molecule has 0 spiro atoms. The molecule has 0 fully saturated rings. The van der Waals surface area contributed by atoms with Crippen molar-refractivity contribution in [2.75, 3.05) is 0 Å². The van der Waals surface area contributed by atoms with Gasteiger partial charge in [-0.25, -0.2) is 4.39 Å². The molecule has 0 amide bonds. The van der Waals surface area contributed by atoms with Crippen LogP contribution in [-0.4, -0.2) is 5.78 Å². The number of benzene rings is 2. The molecule has 1 nitrogen and oxygen atoms in total. The van der Waals surface area contributed by atoms with Crippen molar-refractivity contribution in [2.45, 2.75) is 5.38 Å². The van der Waals surface area contributed by atoms with Gasteiger partial charge in [-0.2, -0.15) is 0 Å². The van der Waals surface area contributed by atoms with Gasteiger partial charge in [0.25, 0.3) is 0 Å². The molecule has 0 aliphatic heterocycles. The summed E-state index contributed by atoms with van der Waals surface area (Å²) in [5, 5.41) is -0.376. The van der Waals surface area contributed by atoms with Crippen molar-refractivity contribution in [1.82, 2.24) is 0 Å². The molecule has 0 bridgehead atoms. The number of halogens is 4. The minimum atomic E-state index is -0.854. The van der Waals surface area contributed by atoms with Gasteiger partial charge in [-0.1, -0.05) is 23.7 Å². The monoisotopic (exact) mass is 408 g/mol. The first-order valence-corrected chi connectivity index (χ1v) is 7.27. The molecule has 2 rings (SSSR count). The van der Waals surface area contributed by atoms with Gasteiger partial charge in [0.2, 0.25) is 0 Å². The molecule has 0 saturated carbocycles. The molecule has 0 saturated heterocycles. The first-order chi connectivity index (χ1) is 8.99. The highest BCUT2D eigenvalue weighted by atomic mass is 127. The fourth-order valence-corrected chi connectivity index (χ4v) is 2.64. The highest BCUT2D eigenvalue weighted by molar-refractivity contribution is 14.1. The smallest absolute Gasteiger partial charge is 0.186 e. The zero-order chi connectivity index (χ0) is 14.0. The summed E-state index contributed by atoms with van der Waals surface area (Å²) in [6.45, 7) is 0. The molecule has 98 valence electrons. The Bertz CT molecular complexity index is 613. The summed E-state index contributed by atoms with van der Waals surface area (Å²) >= 11 is 14.1. The number of rotatable bonds is 3. The van der Waals surface area contributed by atoms with Crippen LogP contribution in [0.3, 0.4) is 0 Å². The van der Waals surface area contributed by atoms with E-state index in [1.165, 1.54) is 24.3 Å². The van der Waals surface area contributed by atoms with E-state index >= 15 is 0 Å². The number of hydrogen-bond acceptors (Lipinski definition) is 1.